The van der Waals surface area contributed by atoms with Gasteiger partial charge in [0.25, 0.3) is 0 Å². The van der Waals surface area contributed by atoms with Gasteiger partial charge in [-0.2, -0.15) is 0 Å². The van der Waals surface area contributed by atoms with Crippen molar-refractivity contribution in [1.82, 2.24) is 4.90 Å². The Balaban J connectivity index is 1.54. The zero-order chi connectivity index (χ0) is 17.9. The van der Waals surface area contributed by atoms with Crippen LogP contribution in [0.25, 0.3) is 11.1 Å². The van der Waals surface area contributed by atoms with E-state index in [1.165, 1.54) is 16.7 Å². The van der Waals surface area contributed by atoms with Crippen molar-refractivity contribution in [2.24, 2.45) is 0 Å². The third-order valence-corrected chi connectivity index (χ3v) is 6.57. The molecule has 2 aromatic carbocycles. The first-order valence-electron chi connectivity index (χ1n) is 9.35. The first-order chi connectivity index (χ1) is 12.6. The Morgan fingerprint density at radius 1 is 1.04 bits per heavy atom. The molecule has 1 unspecified atom stereocenters. The van der Waals surface area contributed by atoms with E-state index >= 15 is 0 Å². The lowest BCUT2D eigenvalue weighted by Gasteiger charge is -2.50. The van der Waals surface area contributed by atoms with E-state index in [1.807, 2.05) is 18.0 Å². The van der Waals surface area contributed by atoms with Crippen LogP contribution in [-0.4, -0.2) is 30.7 Å². The Morgan fingerprint density at radius 3 is 2.69 bits per heavy atom. The molecule has 2 aromatic rings. The monoisotopic (exact) mass is 349 g/mol. The highest BCUT2D eigenvalue weighted by molar-refractivity contribution is 5.78. The Bertz CT molecular complexity index is 906. The molecule has 2 atom stereocenters. The van der Waals surface area contributed by atoms with E-state index in [2.05, 4.69) is 37.3 Å². The number of likely N-dealkylation sites (N-methyl/N-ethyl adjacent to an activating group) is 1. The lowest BCUT2D eigenvalue weighted by Crippen LogP contribution is -2.56. The molecule has 2 heterocycles. The van der Waals surface area contributed by atoms with Gasteiger partial charge in [0.1, 0.15) is 0 Å². The molecule has 0 N–H and O–H groups in total. The second-order valence-electron chi connectivity index (χ2n) is 7.92. The van der Waals surface area contributed by atoms with Crippen LogP contribution in [0.1, 0.15) is 37.3 Å². The minimum Gasteiger partial charge on any atom is -0.454 e. The number of aryl methyl sites for hydroxylation is 1. The molecule has 1 fully saturated rings. The SMILES string of the molecule is CN1C(=O)CC[C@]2(C)c3ccc(-c4ccc5c(c4)OCO5)cc3CCC12. The summed E-state index contributed by atoms with van der Waals surface area (Å²) in [5.74, 6) is 1.92. The average molecular weight is 349 g/mol. The standard InChI is InChI=1S/C22H23NO3/c1-22-10-9-21(24)23(2)20(22)8-5-16-11-14(3-6-17(16)22)15-4-7-18-19(12-15)26-13-25-18/h3-4,6-7,11-12,20H,5,8-10,13H2,1-2H3/t20?,22-/m1/s1. The fraction of sp³-hybridized carbons (Fsp3) is 0.409. The summed E-state index contributed by atoms with van der Waals surface area (Å²) in [5, 5.41) is 0. The first kappa shape index (κ1) is 15.7. The van der Waals surface area contributed by atoms with Crippen LogP contribution >= 0.6 is 0 Å². The highest BCUT2D eigenvalue weighted by Crippen LogP contribution is 2.46. The van der Waals surface area contributed by atoms with Gasteiger partial charge in [-0.15, -0.1) is 0 Å². The molecule has 1 aliphatic carbocycles. The van der Waals surface area contributed by atoms with Crippen molar-refractivity contribution in [1.29, 1.82) is 0 Å². The number of ether oxygens (including phenoxy) is 2. The van der Waals surface area contributed by atoms with E-state index in [0.29, 0.717) is 19.3 Å². The van der Waals surface area contributed by atoms with Crippen molar-refractivity contribution in [3.05, 3.63) is 47.5 Å². The summed E-state index contributed by atoms with van der Waals surface area (Å²) < 4.78 is 10.9. The van der Waals surface area contributed by atoms with Crippen molar-refractivity contribution in [2.75, 3.05) is 13.8 Å². The molecule has 5 rings (SSSR count). The third-order valence-electron chi connectivity index (χ3n) is 6.57. The maximum atomic E-state index is 12.1. The molecule has 0 aromatic heterocycles. The number of hydrogen-bond donors (Lipinski definition) is 0. The lowest BCUT2D eigenvalue weighted by atomic mass is 9.63. The molecule has 26 heavy (non-hydrogen) atoms. The minimum atomic E-state index is 0.0592. The largest absolute Gasteiger partial charge is 0.454 e. The molecule has 4 nitrogen and oxygen atoms in total. The zero-order valence-corrected chi connectivity index (χ0v) is 15.2. The van der Waals surface area contributed by atoms with Gasteiger partial charge in [-0.1, -0.05) is 31.2 Å². The van der Waals surface area contributed by atoms with Crippen molar-refractivity contribution in [2.45, 2.75) is 44.1 Å². The van der Waals surface area contributed by atoms with Gasteiger partial charge in [-0.3, -0.25) is 4.79 Å². The van der Waals surface area contributed by atoms with Crippen LogP contribution < -0.4 is 9.47 Å². The fourth-order valence-electron chi connectivity index (χ4n) is 5.04. The number of piperidine rings is 1. The highest BCUT2D eigenvalue weighted by atomic mass is 16.7. The summed E-state index contributed by atoms with van der Waals surface area (Å²) in [6.45, 7) is 2.63. The third kappa shape index (κ3) is 2.17. The Hall–Kier alpha value is -2.49. The number of benzene rings is 2. The number of carbonyl (C=O) groups is 1. The number of likely N-dealkylation sites (tertiary alicyclic amines) is 1. The quantitative estimate of drug-likeness (QED) is 0.784. The van der Waals surface area contributed by atoms with E-state index in [0.717, 1.165) is 36.3 Å². The Labute approximate surface area is 153 Å². The van der Waals surface area contributed by atoms with Crippen LogP contribution in [0.2, 0.25) is 0 Å². The molecule has 3 aliphatic rings. The predicted octanol–water partition coefficient (Wildman–Crippen LogP) is 3.91. The van der Waals surface area contributed by atoms with Gasteiger partial charge >= 0.3 is 0 Å². The number of hydrogen-bond acceptors (Lipinski definition) is 3. The second-order valence-corrected chi connectivity index (χ2v) is 7.92. The number of rotatable bonds is 1. The molecule has 134 valence electrons. The average Bonchev–Trinajstić information content (AvgIpc) is 3.12. The maximum absolute atomic E-state index is 12.1. The van der Waals surface area contributed by atoms with Crippen LogP contribution in [0.3, 0.4) is 0 Å². The first-order valence-corrected chi connectivity index (χ1v) is 9.35. The molecular weight excluding hydrogens is 326 g/mol. The summed E-state index contributed by atoms with van der Waals surface area (Å²) in [5.41, 5.74) is 5.26. The molecule has 0 spiro atoms. The van der Waals surface area contributed by atoms with E-state index in [-0.39, 0.29) is 11.3 Å². The van der Waals surface area contributed by atoms with Crippen molar-refractivity contribution < 1.29 is 14.3 Å². The van der Waals surface area contributed by atoms with E-state index < -0.39 is 0 Å². The number of carbonyl (C=O) groups excluding carboxylic acids is 1. The van der Waals surface area contributed by atoms with Gasteiger partial charge < -0.3 is 14.4 Å². The Kier molecular flexibility index (Phi) is 3.33. The van der Waals surface area contributed by atoms with Crippen LogP contribution in [0.5, 0.6) is 11.5 Å². The second kappa shape index (κ2) is 5.50. The summed E-state index contributed by atoms with van der Waals surface area (Å²) >= 11 is 0. The summed E-state index contributed by atoms with van der Waals surface area (Å²) in [6.07, 6.45) is 3.64. The number of nitrogens with zero attached hydrogens (tertiary/aromatic N) is 1. The van der Waals surface area contributed by atoms with Crippen molar-refractivity contribution >= 4 is 5.91 Å². The topological polar surface area (TPSA) is 38.8 Å². The summed E-state index contributed by atoms with van der Waals surface area (Å²) in [6, 6.07) is 13.3. The molecule has 1 saturated heterocycles. The van der Waals surface area contributed by atoms with Gasteiger partial charge in [-0.25, -0.2) is 0 Å². The molecule has 1 amide bonds. The van der Waals surface area contributed by atoms with Gasteiger partial charge in [0, 0.05) is 24.9 Å². The van der Waals surface area contributed by atoms with Gasteiger partial charge in [0.05, 0.1) is 0 Å². The zero-order valence-electron chi connectivity index (χ0n) is 15.2. The fourth-order valence-corrected chi connectivity index (χ4v) is 5.04. The van der Waals surface area contributed by atoms with Crippen LogP contribution in [0, 0.1) is 0 Å². The van der Waals surface area contributed by atoms with Crippen molar-refractivity contribution in [3.63, 3.8) is 0 Å². The predicted molar refractivity (Wildman–Crippen MR) is 99.5 cm³/mol. The lowest BCUT2D eigenvalue weighted by molar-refractivity contribution is -0.138. The smallest absolute Gasteiger partial charge is 0.231 e. The van der Waals surface area contributed by atoms with Crippen LogP contribution in [-0.2, 0) is 16.6 Å². The normalized spacial score (nSPS) is 26.5. The van der Waals surface area contributed by atoms with Crippen LogP contribution in [0.15, 0.2) is 36.4 Å². The molecule has 2 aliphatic heterocycles. The summed E-state index contributed by atoms with van der Waals surface area (Å²) in [4.78, 5) is 14.1. The number of fused-ring (bicyclic) bond motifs is 4. The van der Waals surface area contributed by atoms with Crippen LogP contribution in [0.4, 0.5) is 0 Å². The van der Waals surface area contributed by atoms with E-state index in [9.17, 15) is 4.79 Å². The molecular formula is C22H23NO3. The molecule has 4 heteroatoms. The van der Waals surface area contributed by atoms with Gasteiger partial charge in [0.15, 0.2) is 11.5 Å². The van der Waals surface area contributed by atoms with E-state index in [1.54, 1.807) is 0 Å². The Morgan fingerprint density at radius 2 is 1.81 bits per heavy atom. The van der Waals surface area contributed by atoms with Gasteiger partial charge in [-0.05, 0) is 53.6 Å². The van der Waals surface area contributed by atoms with Gasteiger partial charge in [0.2, 0.25) is 12.7 Å². The maximum Gasteiger partial charge on any atom is 0.231 e. The highest BCUT2D eigenvalue weighted by Gasteiger charge is 2.46. The summed E-state index contributed by atoms with van der Waals surface area (Å²) in [7, 11) is 1.97. The molecule has 0 saturated carbocycles. The molecule has 0 radical (unpaired) electrons. The van der Waals surface area contributed by atoms with E-state index in [4.69, 9.17) is 9.47 Å². The van der Waals surface area contributed by atoms with Crippen molar-refractivity contribution in [3.8, 4) is 22.6 Å². The number of amides is 1. The molecule has 0 bridgehead atoms. The minimum absolute atomic E-state index is 0.0592.